The van der Waals surface area contributed by atoms with Crippen molar-refractivity contribution in [1.29, 1.82) is 0 Å². The standard InChI is InChI=1S/C18H21N3O3/c1-21(14-7-9-15(10-8-14)24-12-17(20)22)18(23)16(19)11-13-5-3-2-4-6-13/h2-10,16H,11-12,19H2,1H3,(H2,20,22). The van der Waals surface area contributed by atoms with Gasteiger partial charge in [-0.15, -0.1) is 0 Å². The summed E-state index contributed by atoms with van der Waals surface area (Å²) in [4.78, 5) is 24.7. The van der Waals surface area contributed by atoms with Gasteiger partial charge < -0.3 is 21.1 Å². The lowest BCUT2D eigenvalue weighted by atomic mass is 10.1. The van der Waals surface area contributed by atoms with Crippen molar-refractivity contribution in [1.82, 2.24) is 0 Å². The number of primary amides is 1. The summed E-state index contributed by atoms with van der Waals surface area (Å²) in [7, 11) is 1.67. The van der Waals surface area contributed by atoms with E-state index in [-0.39, 0.29) is 12.5 Å². The normalized spacial score (nSPS) is 11.6. The molecule has 2 aromatic rings. The molecule has 1 unspecified atom stereocenters. The maximum atomic E-state index is 12.5. The quantitative estimate of drug-likeness (QED) is 0.795. The van der Waals surface area contributed by atoms with Crippen LogP contribution in [0.2, 0.25) is 0 Å². The Kier molecular flexibility index (Phi) is 5.92. The Balaban J connectivity index is 1.98. The van der Waals surface area contributed by atoms with Gasteiger partial charge in [0.25, 0.3) is 5.91 Å². The Morgan fingerprint density at radius 3 is 2.29 bits per heavy atom. The molecule has 24 heavy (non-hydrogen) atoms. The molecule has 4 N–H and O–H groups in total. The number of hydrogen-bond acceptors (Lipinski definition) is 4. The molecule has 126 valence electrons. The number of amides is 2. The Morgan fingerprint density at radius 1 is 1.08 bits per heavy atom. The minimum atomic E-state index is -0.622. The van der Waals surface area contributed by atoms with Gasteiger partial charge in [-0.05, 0) is 36.2 Å². The summed E-state index contributed by atoms with van der Waals surface area (Å²) in [6.07, 6.45) is 0.476. The van der Waals surface area contributed by atoms with Gasteiger partial charge in [-0.2, -0.15) is 0 Å². The number of hydrogen-bond donors (Lipinski definition) is 2. The van der Waals surface area contributed by atoms with Gasteiger partial charge in [0.05, 0.1) is 6.04 Å². The van der Waals surface area contributed by atoms with Crippen LogP contribution in [0.4, 0.5) is 5.69 Å². The summed E-state index contributed by atoms with van der Waals surface area (Å²) < 4.78 is 5.19. The minimum Gasteiger partial charge on any atom is -0.484 e. The molecule has 0 saturated carbocycles. The third-order valence-electron chi connectivity index (χ3n) is 3.55. The first-order chi connectivity index (χ1) is 11.5. The minimum absolute atomic E-state index is 0.176. The molecular weight excluding hydrogens is 306 g/mol. The van der Waals surface area contributed by atoms with Gasteiger partial charge in [0.2, 0.25) is 5.91 Å². The van der Waals surface area contributed by atoms with Gasteiger partial charge in [0.15, 0.2) is 6.61 Å². The first kappa shape index (κ1) is 17.5. The SMILES string of the molecule is CN(C(=O)C(N)Cc1ccccc1)c1ccc(OCC(N)=O)cc1. The molecule has 0 spiro atoms. The fraction of sp³-hybridized carbons (Fsp3) is 0.222. The molecule has 0 heterocycles. The fourth-order valence-electron chi connectivity index (χ4n) is 2.25. The van der Waals surface area contributed by atoms with Crippen LogP contribution < -0.4 is 21.1 Å². The van der Waals surface area contributed by atoms with E-state index in [2.05, 4.69) is 0 Å². The van der Waals surface area contributed by atoms with Crippen LogP contribution in [0.5, 0.6) is 5.75 Å². The number of ether oxygens (including phenoxy) is 1. The second-order valence-electron chi connectivity index (χ2n) is 5.44. The highest BCUT2D eigenvalue weighted by atomic mass is 16.5. The average molecular weight is 327 g/mol. The molecule has 0 fully saturated rings. The number of nitrogens with zero attached hydrogens (tertiary/aromatic N) is 1. The Bertz CT molecular complexity index is 686. The monoisotopic (exact) mass is 327 g/mol. The number of benzene rings is 2. The van der Waals surface area contributed by atoms with Gasteiger partial charge >= 0.3 is 0 Å². The molecule has 0 radical (unpaired) electrons. The first-order valence-corrected chi connectivity index (χ1v) is 7.55. The van der Waals surface area contributed by atoms with E-state index < -0.39 is 11.9 Å². The van der Waals surface area contributed by atoms with E-state index in [0.29, 0.717) is 17.9 Å². The van der Waals surface area contributed by atoms with E-state index >= 15 is 0 Å². The van der Waals surface area contributed by atoms with E-state index in [1.54, 1.807) is 31.3 Å². The van der Waals surface area contributed by atoms with Crippen LogP contribution in [0, 0.1) is 0 Å². The lowest BCUT2D eigenvalue weighted by Crippen LogP contribution is -2.43. The van der Waals surface area contributed by atoms with Crippen molar-refractivity contribution >= 4 is 17.5 Å². The third kappa shape index (κ3) is 4.82. The highest BCUT2D eigenvalue weighted by molar-refractivity contribution is 5.96. The highest BCUT2D eigenvalue weighted by Gasteiger charge is 2.19. The van der Waals surface area contributed by atoms with Crippen molar-refractivity contribution in [2.24, 2.45) is 11.5 Å². The highest BCUT2D eigenvalue weighted by Crippen LogP contribution is 2.19. The fourth-order valence-corrected chi connectivity index (χ4v) is 2.25. The molecule has 0 aliphatic heterocycles. The number of carbonyl (C=O) groups is 2. The van der Waals surface area contributed by atoms with Crippen LogP contribution in [0.3, 0.4) is 0 Å². The molecule has 0 aliphatic carbocycles. The van der Waals surface area contributed by atoms with Crippen molar-refractivity contribution in [2.45, 2.75) is 12.5 Å². The summed E-state index contributed by atoms with van der Waals surface area (Å²) in [5, 5.41) is 0. The molecule has 6 nitrogen and oxygen atoms in total. The number of rotatable bonds is 7. The molecule has 6 heteroatoms. The van der Waals surface area contributed by atoms with E-state index in [4.69, 9.17) is 16.2 Å². The Hall–Kier alpha value is -2.86. The van der Waals surface area contributed by atoms with Gasteiger partial charge in [0.1, 0.15) is 5.75 Å². The Morgan fingerprint density at radius 2 is 1.71 bits per heavy atom. The van der Waals surface area contributed by atoms with Crippen LogP contribution in [-0.4, -0.2) is 31.5 Å². The molecule has 0 aromatic heterocycles. The number of anilines is 1. The second-order valence-corrected chi connectivity index (χ2v) is 5.44. The van der Waals surface area contributed by atoms with Gasteiger partial charge in [-0.25, -0.2) is 0 Å². The van der Waals surface area contributed by atoms with Gasteiger partial charge in [0, 0.05) is 12.7 Å². The Labute approximate surface area is 141 Å². The predicted octanol–water partition coefficient (Wildman–Crippen LogP) is 1.08. The first-order valence-electron chi connectivity index (χ1n) is 7.55. The summed E-state index contributed by atoms with van der Waals surface area (Å²) in [6.45, 7) is -0.184. The summed E-state index contributed by atoms with van der Waals surface area (Å²) in [5.41, 5.74) is 12.8. The number of likely N-dealkylation sites (N-methyl/N-ethyl adjacent to an activating group) is 1. The molecule has 0 saturated heterocycles. The van der Waals surface area contributed by atoms with Crippen molar-refractivity contribution in [3.05, 3.63) is 60.2 Å². The van der Waals surface area contributed by atoms with E-state index in [0.717, 1.165) is 5.56 Å². The summed E-state index contributed by atoms with van der Waals surface area (Å²) in [6, 6.07) is 15.8. The van der Waals surface area contributed by atoms with Crippen LogP contribution >= 0.6 is 0 Å². The topological polar surface area (TPSA) is 98.7 Å². The molecule has 0 aliphatic rings. The van der Waals surface area contributed by atoms with Crippen molar-refractivity contribution in [3.8, 4) is 5.75 Å². The average Bonchev–Trinajstić information content (AvgIpc) is 2.60. The largest absolute Gasteiger partial charge is 0.484 e. The summed E-state index contributed by atoms with van der Waals surface area (Å²) >= 11 is 0. The molecule has 1 atom stereocenters. The van der Waals surface area contributed by atoms with Gasteiger partial charge in [-0.3, -0.25) is 9.59 Å². The van der Waals surface area contributed by atoms with Crippen LogP contribution in [0.15, 0.2) is 54.6 Å². The predicted molar refractivity (Wildman–Crippen MR) is 92.7 cm³/mol. The smallest absolute Gasteiger partial charge is 0.255 e. The third-order valence-corrected chi connectivity index (χ3v) is 3.55. The van der Waals surface area contributed by atoms with E-state index in [1.165, 1.54) is 4.90 Å². The lowest BCUT2D eigenvalue weighted by molar-refractivity contribution is -0.120. The van der Waals surface area contributed by atoms with E-state index in [9.17, 15) is 9.59 Å². The maximum Gasteiger partial charge on any atom is 0.255 e. The molecule has 2 rings (SSSR count). The van der Waals surface area contributed by atoms with Crippen molar-refractivity contribution in [2.75, 3.05) is 18.6 Å². The maximum absolute atomic E-state index is 12.5. The zero-order valence-corrected chi connectivity index (χ0v) is 13.5. The molecule has 0 bridgehead atoms. The lowest BCUT2D eigenvalue weighted by Gasteiger charge is -2.21. The zero-order valence-electron chi connectivity index (χ0n) is 13.5. The van der Waals surface area contributed by atoms with E-state index in [1.807, 2.05) is 30.3 Å². The van der Waals surface area contributed by atoms with Crippen molar-refractivity contribution in [3.63, 3.8) is 0 Å². The zero-order chi connectivity index (χ0) is 17.5. The van der Waals surface area contributed by atoms with Gasteiger partial charge in [-0.1, -0.05) is 30.3 Å². The number of carbonyl (C=O) groups excluding carboxylic acids is 2. The molecule has 2 aromatic carbocycles. The molecular formula is C18H21N3O3. The second kappa shape index (κ2) is 8.12. The van der Waals surface area contributed by atoms with Crippen LogP contribution in [0.1, 0.15) is 5.56 Å². The summed E-state index contributed by atoms with van der Waals surface area (Å²) in [5.74, 6) is -0.213. The van der Waals surface area contributed by atoms with Crippen LogP contribution in [0.25, 0.3) is 0 Å². The van der Waals surface area contributed by atoms with Crippen LogP contribution in [-0.2, 0) is 16.0 Å². The molecule has 2 amide bonds. The van der Waals surface area contributed by atoms with Crippen molar-refractivity contribution < 1.29 is 14.3 Å². The number of nitrogens with two attached hydrogens (primary N) is 2.